The molecule has 1 aromatic carbocycles. The molecule has 0 radical (unpaired) electrons. The lowest BCUT2D eigenvalue weighted by atomic mass is 10.3. The second-order valence-electron chi connectivity index (χ2n) is 3.69. The Hall–Kier alpha value is -3.14. The standard InChI is InChI=1S/C13H9N3O4/c1-19-10-3-4-11(16(17)18)12(6-10)20-13-5-2-9(7-14)8-15-13/h2-6,8H,1H3. The van der Waals surface area contributed by atoms with Crippen LogP contribution in [-0.2, 0) is 0 Å². The van der Waals surface area contributed by atoms with Crippen molar-refractivity contribution in [1.82, 2.24) is 4.98 Å². The molecule has 0 aliphatic carbocycles. The maximum absolute atomic E-state index is 10.9. The van der Waals surface area contributed by atoms with Gasteiger partial charge in [-0.15, -0.1) is 0 Å². The SMILES string of the molecule is COc1ccc([N+](=O)[O-])c(Oc2ccc(C#N)cn2)c1. The van der Waals surface area contributed by atoms with Gasteiger partial charge in [-0.1, -0.05) is 0 Å². The monoisotopic (exact) mass is 271 g/mol. The molecule has 0 aliphatic rings. The topological polar surface area (TPSA) is 98.3 Å². The van der Waals surface area contributed by atoms with Crippen LogP contribution in [0.1, 0.15) is 5.56 Å². The Morgan fingerprint density at radius 2 is 2.15 bits per heavy atom. The number of hydrogen-bond donors (Lipinski definition) is 0. The lowest BCUT2D eigenvalue weighted by molar-refractivity contribution is -0.385. The molecule has 0 unspecified atom stereocenters. The summed E-state index contributed by atoms with van der Waals surface area (Å²) in [6, 6.07) is 9.05. The molecule has 100 valence electrons. The van der Waals surface area contributed by atoms with Gasteiger partial charge in [-0.05, 0) is 12.1 Å². The van der Waals surface area contributed by atoms with Gasteiger partial charge in [-0.2, -0.15) is 5.26 Å². The van der Waals surface area contributed by atoms with Crippen molar-refractivity contribution >= 4 is 5.69 Å². The van der Waals surface area contributed by atoms with Crippen molar-refractivity contribution in [2.45, 2.75) is 0 Å². The summed E-state index contributed by atoms with van der Waals surface area (Å²) in [4.78, 5) is 14.3. The number of pyridine rings is 1. The number of nitriles is 1. The fourth-order valence-corrected chi connectivity index (χ4v) is 1.47. The van der Waals surface area contributed by atoms with Crippen molar-refractivity contribution in [3.63, 3.8) is 0 Å². The van der Waals surface area contributed by atoms with Gasteiger partial charge in [0.1, 0.15) is 11.8 Å². The van der Waals surface area contributed by atoms with Crippen molar-refractivity contribution < 1.29 is 14.4 Å². The lowest BCUT2D eigenvalue weighted by Gasteiger charge is -2.07. The molecular formula is C13H9N3O4. The van der Waals surface area contributed by atoms with Crippen molar-refractivity contribution in [1.29, 1.82) is 5.26 Å². The van der Waals surface area contributed by atoms with Crippen molar-refractivity contribution in [2.75, 3.05) is 7.11 Å². The van der Waals surface area contributed by atoms with Crippen LogP contribution in [0.5, 0.6) is 17.4 Å². The number of hydrogen-bond acceptors (Lipinski definition) is 6. The number of methoxy groups -OCH3 is 1. The van der Waals surface area contributed by atoms with Gasteiger partial charge in [0, 0.05) is 24.4 Å². The number of benzene rings is 1. The van der Waals surface area contributed by atoms with E-state index < -0.39 is 4.92 Å². The average molecular weight is 271 g/mol. The van der Waals surface area contributed by atoms with Crippen LogP contribution in [0.15, 0.2) is 36.5 Å². The van der Waals surface area contributed by atoms with Crippen LogP contribution in [0.4, 0.5) is 5.69 Å². The van der Waals surface area contributed by atoms with E-state index in [1.165, 1.54) is 43.6 Å². The van der Waals surface area contributed by atoms with E-state index in [0.717, 1.165) is 0 Å². The van der Waals surface area contributed by atoms with Crippen molar-refractivity contribution in [2.24, 2.45) is 0 Å². The second-order valence-corrected chi connectivity index (χ2v) is 3.69. The first-order valence-electron chi connectivity index (χ1n) is 5.50. The minimum atomic E-state index is -0.557. The maximum atomic E-state index is 10.9. The molecular weight excluding hydrogens is 262 g/mol. The van der Waals surface area contributed by atoms with E-state index in [4.69, 9.17) is 14.7 Å². The van der Waals surface area contributed by atoms with Gasteiger partial charge in [0.05, 0.1) is 17.6 Å². The summed E-state index contributed by atoms with van der Waals surface area (Å²) >= 11 is 0. The summed E-state index contributed by atoms with van der Waals surface area (Å²) in [5.41, 5.74) is 0.175. The predicted molar refractivity (Wildman–Crippen MR) is 68.7 cm³/mol. The van der Waals surface area contributed by atoms with Gasteiger partial charge < -0.3 is 9.47 Å². The van der Waals surface area contributed by atoms with Crippen LogP contribution in [0.25, 0.3) is 0 Å². The van der Waals surface area contributed by atoms with Gasteiger partial charge in [0.2, 0.25) is 11.6 Å². The van der Waals surface area contributed by atoms with Crippen LogP contribution in [0.2, 0.25) is 0 Å². The zero-order chi connectivity index (χ0) is 14.5. The van der Waals surface area contributed by atoms with Crippen molar-refractivity contribution in [3.05, 3.63) is 52.2 Å². The minimum Gasteiger partial charge on any atom is -0.497 e. The fraction of sp³-hybridized carbons (Fsp3) is 0.0769. The third-order valence-corrected chi connectivity index (χ3v) is 2.44. The quantitative estimate of drug-likeness (QED) is 0.626. The number of nitrogens with zero attached hydrogens (tertiary/aromatic N) is 3. The minimum absolute atomic E-state index is 0.0200. The molecule has 0 bridgehead atoms. The molecule has 0 amide bonds. The number of rotatable bonds is 4. The Bertz CT molecular complexity index is 677. The Labute approximate surface area is 114 Å². The Morgan fingerprint density at radius 3 is 2.70 bits per heavy atom. The van der Waals surface area contributed by atoms with E-state index >= 15 is 0 Å². The Balaban J connectivity index is 2.35. The normalized spacial score (nSPS) is 9.60. The van der Waals surface area contributed by atoms with Crippen LogP contribution >= 0.6 is 0 Å². The smallest absolute Gasteiger partial charge is 0.311 e. The van der Waals surface area contributed by atoms with E-state index in [1.807, 2.05) is 6.07 Å². The van der Waals surface area contributed by atoms with Gasteiger partial charge >= 0.3 is 5.69 Å². The van der Waals surface area contributed by atoms with Gasteiger partial charge in [0.15, 0.2) is 0 Å². The van der Waals surface area contributed by atoms with E-state index in [0.29, 0.717) is 11.3 Å². The first-order chi connectivity index (χ1) is 9.63. The zero-order valence-corrected chi connectivity index (χ0v) is 10.4. The van der Waals surface area contributed by atoms with Crippen LogP contribution in [0.3, 0.4) is 0 Å². The summed E-state index contributed by atoms with van der Waals surface area (Å²) < 4.78 is 10.4. The molecule has 0 saturated heterocycles. The highest BCUT2D eigenvalue weighted by atomic mass is 16.6. The number of nitro groups is 1. The van der Waals surface area contributed by atoms with E-state index in [1.54, 1.807) is 0 Å². The molecule has 7 nitrogen and oxygen atoms in total. The average Bonchev–Trinajstić information content (AvgIpc) is 2.47. The summed E-state index contributed by atoms with van der Waals surface area (Å²) in [6.07, 6.45) is 1.32. The van der Waals surface area contributed by atoms with Crippen LogP contribution in [-0.4, -0.2) is 17.0 Å². The number of ether oxygens (including phenoxy) is 2. The van der Waals surface area contributed by atoms with E-state index in [-0.39, 0.29) is 17.3 Å². The molecule has 2 aromatic rings. The van der Waals surface area contributed by atoms with Gasteiger partial charge in [-0.25, -0.2) is 4.98 Å². The molecule has 0 atom stereocenters. The zero-order valence-electron chi connectivity index (χ0n) is 10.4. The van der Waals surface area contributed by atoms with Crippen LogP contribution < -0.4 is 9.47 Å². The largest absolute Gasteiger partial charge is 0.497 e. The second kappa shape index (κ2) is 5.67. The predicted octanol–water partition coefficient (Wildman–Crippen LogP) is 2.66. The molecule has 0 fully saturated rings. The van der Waals surface area contributed by atoms with Gasteiger partial charge in [0.25, 0.3) is 0 Å². The molecule has 1 heterocycles. The number of nitro benzene ring substituents is 1. The Morgan fingerprint density at radius 1 is 1.35 bits per heavy atom. The summed E-state index contributed by atoms with van der Waals surface area (Å²) in [6.45, 7) is 0. The third kappa shape index (κ3) is 2.81. The molecule has 7 heteroatoms. The van der Waals surface area contributed by atoms with Gasteiger partial charge in [-0.3, -0.25) is 10.1 Å². The maximum Gasteiger partial charge on any atom is 0.311 e. The van der Waals surface area contributed by atoms with Crippen LogP contribution in [0, 0.1) is 21.4 Å². The summed E-state index contributed by atoms with van der Waals surface area (Å²) in [7, 11) is 1.45. The first kappa shape index (κ1) is 13.3. The molecule has 0 aliphatic heterocycles. The molecule has 1 aromatic heterocycles. The molecule has 2 rings (SSSR count). The molecule has 0 spiro atoms. The molecule has 0 saturated carbocycles. The highest BCUT2D eigenvalue weighted by molar-refractivity contribution is 5.51. The molecule has 0 N–H and O–H groups in total. The first-order valence-corrected chi connectivity index (χ1v) is 5.50. The lowest BCUT2D eigenvalue weighted by Crippen LogP contribution is -1.95. The van der Waals surface area contributed by atoms with E-state index in [2.05, 4.69) is 4.98 Å². The Kier molecular flexibility index (Phi) is 3.77. The van der Waals surface area contributed by atoms with Crippen molar-refractivity contribution in [3.8, 4) is 23.4 Å². The summed E-state index contributed by atoms with van der Waals surface area (Å²) in [5.74, 6) is 0.603. The highest BCUT2D eigenvalue weighted by Gasteiger charge is 2.17. The molecule has 20 heavy (non-hydrogen) atoms. The highest BCUT2D eigenvalue weighted by Crippen LogP contribution is 2.33. The third-order valence-electron chi connectivity index (χ3n) is 2.44. The summed E-state index contributed by atoms with van der Waals surface area (Å²) in [5, 5.41) is 19.6. The van der Waals surface area contributed by atoms with E-state index in [9.17, 15) is 10.1 Å². The number of aromatic nitrogens is 1. The fourth-order valence-electron chi connectivity index (χ4n) is 1.47.